The number of hydrogen-bond acceptors (Lipinski definition) is 8. The molecule has 2 aromatic carbocycles. The second kappa shape index (κ2) is 12.3. The number of nitrogen functional groups attached to an aromatic ring is 1. The number of anilines is 2. The maximum absolute atomic E-state index is 14.2. The molecule has 11 heteroatoms. The van der Waals surface area contributed by atoms with Crippen LogP contribution in [0.3, 0.4) is 0 Å². The Labute approximate surface area is 254 Å². The number of rotatable bonds is 8. The molecule has 44 heavy (non-hydrogen) atoms. The number of carbonyl (C=O) groups excluding carboxylic acids is 2. The highest BCUT2D eigenvalue weighted by Crippen LogP contribution is 2.39. The Morgan fingerprint density at radius 3 is 2.41 bits per heavy atom. The van der Waals surface area contributed by atoms with Crippen LogP contribution >= 0.6 is 0 Å². The highest BCUT2D eigenvalue weighted by molar-refractivity contribution is 6.02. The normalized spacial score (nSPS) is 16.9. The summed E-state index contributed by atoms with van der Waals surface area (Å²) in [6, 6.07) is 14.9. The van der Waals surface area contributed by atoms with Crippen LogP contribution < -0.4 is 10.6 Å². The molecule has 0 radical (unpaired) electrons. The first kappa shape index (κ1) is 29.1. The van der Waals surface area contributed by atoms with Gasteiger partial charge in [0.2, 0.25) is 0 Å². The number of carbonyl (C=O) groups is 3. The largest absolute Gasteiger partial charge is 0.478 e. The molecule has 2 aliphatic rings. The van der Waals surface area contributed by atoms with Crippen LogP contribution in [0.25, 0.3) is 5.69 Å². The molecule has 2 aromatic heterocycles. The monoisotopic (exact) mass is 594 g/mol. The fourth-order valence-corrected chi connectivity index (χ4v) is 6.28. The average molecular weight is 595 g/mol. The Morgan fingerprint density at radius 2 is 1.73 bits per heavy atom. The topological polar surface area (TPSA) is 144 Å². The van der Waals surface area contributed by atoms with E-state index >= 15 is 0 Å². The highest BCUT2D eigenvalue weighted by atomic mass is 16.5. The summed E-state index contributed by atoms with van der Waals surface area (Å²) in [5, 5.41) is 13.7. The molecule has 1 atom stereocenters. The van der Waals surface area contributed by atoms with Crippen molar-refractivity contribution in [1.29, 1.82) is 0 Å². The molecule has 0 bridgehead atoms. The van der Waals surface area contributed by atoms with Crippen LogP contribution in [0.15, 0.2) is 73.2 Å². The van der Waals surface area contributed by atoms with Gasteiger partial charge in [-0.3, -0.25) is 14.6 Å². The van der Waals surface area contributed by atoms with Crippen LogP contribution in [-0.4, -0.2) is 75.3 Å². The number of pyridine rings is 1. The number of carboxylic acid groups (broad SMARTS) is 1. The van der Waals surface area contributed by atoms with Gasteiger partial charge in [-0.15, -0.1) is 0 Å². The van der Waals surface area contributed by atoms with E-state index < -0.39 is 12.0 Å². The van der Waals surface area contributed by atoms with Gasteiger partial charge in [-0.2, -0.15) is 5.10 Å². The fraction of sp³-hybridized carbons (Fsp3) is 0.303. The number of aromatic nitrogens is 3. The number of benzene rings is 2. The second-order valence-electron chi connectivity index (χ2n) is 11.1. The fourth-order valence-electron chi connectivity index (χ4n) is 6.28. The van der Waals surface area contributed by atoms with Crippen molar-refractivity contribution in [3.8, 4) is 5.69 Å². The molecular weight excluding hydrogens is 560 g/mol. The van der Waals surface area contributed by atoms with E-state index in [4.69, 9.17) is 10.5 Å². The predicted octanol–water partition coefficient (Wildman–Crippen LogP) is 3.71. The van der Waals surface area contributed by atoms with Crippen molar-refractivity contribution < 1.29 is 24.2 Å². The van der Waals surface area contributed by atoms with Gasteiger partial charge in [-0.25, -0.2) is 9.48 Å². The number of nitrogens with two attached hydrogens (primary N) is 1. The molecule has 2 aliphatic heterocycles. The van der Waals surface area contributed by atoms with Gasteiger partial charge in [0.25, 0.3) is 5.91 Å². The lowest BCUT2D eigenvalue weighted by molar-refractivity contribution is -0.123. The van der Waals surface area contributed by atoms with Gasteiger partial charge in [0, 0.05) is 51.2 Å². The summed E-state index contributed by atoms with van der Waals surface area (Å²) in [5.74, 6) is -1.40. The lowest BCUT2D eigenvalue weighted by atomic mass is 9.86. The highest BCUT2D eigenvalue weighted by Gasteiger charge is 2.39. The van der Waals surface area contributed by atoms with Crippen molar-refractivity contribution in [3.05, 3.63) is 101 Å². The van der Waals surface area contributed by atoms with Gasteiger partial charge in [0.1, 0.15) is 17.4 Å². The zero-order valence-electron chi connectivity index (χ0n) is 24.4. The number of amides is 1. The Bertz CT molecular complexity index is 1680. The Morgan fingerprint density at radius 1 is 1.00 bits per heavy atom. The van der Waals surface area contributed by atoms with Crippen molar-refractivity contribution in [3.63, 3.8) is 0 Å². The lowest BCUT2D eigenvalue weighted by Gasteiger charge is -2.40. The molecule has 4 aromatic rings. The molecule has 6 rings (SSSR count). The summed E-state index contributed by atoms with van der Waals surface area (Å²) in [5.41, 5.74) is 11.1. The van der Waals surface area contributed by atoms with E-state index in [0.717, 1.165) is 42.7 Å². The van der Waals surface area contributed by atoms with Crippen molar-refractivity contribution >= 4 is 29.2 Å². The molecule has 1 unspecified atom stereocenters. The predicted molar refractivity (Wildman–Crippen MR) is 164 cm³/mol. The third-order valence-corrected chi connectivity index (χ3v) is 8.60. The zero-order chi connectivity index (χ0) is 30.8. The first-order chi connectivity index (χ1) is 21.4. The number of carboxylic acids is 1. The van der Waals surface area contributed by atoms with Crippen molar-refractivity contribution in [2.45, 2.75) is 37.8 Å². The molecule has 11 nitrogen and oxygen atoms in total. The van der Waals surface area contributed by atoms with E-state index in [9.17, 15) is 19.5 Å². The Balaban J connectivity index is 1.36. The molecule has 1 fully saturated rings. The first-order valence-corrected chi connectivity index (χ1v) is 14.6. The van der Waals surface area contributed by atoms with E-state index in [1.807, 2.05) is 12.1 Å². The van der Waals surface area contributed by atoms with Crippen molar-refractivity contribution in [2.24, 2.45) is 0 Å². The second-order valence-corrected chi connectivity index (χ2v) is 11.1. The third-order valence-electron chi connectivity index (χ3n) is 8.60. The van der Waals surface area contributed by atoms with Crippen LogP contribution in [-0.2, 0) is 22.4 Å². The minimum atomic E-state index is -1.03. The number of aromatic carboxylic acids is 1. The van der Waals surface area contributed by atoms with Gasteiger partial charge >= 0.3 is 5.97 Å². The maximum atomic E-state index is 14.2. The number of hydrogen-bond donors (Lipinski definition) is 2. The molecule has 1 amide bonds. The number of ketones is 1. The molecule has 0 spiro atoms. The van der Waals surface area contributed by atoms with Crippen LogP contribution in [0, 0.1) is 0 Å². The standard InChI is InChI=1S/C33H34N6O5/c1-44-24-11-16-37(17-12-24)28-4-2-3-26-25(28)13-18-38(30(26)29(40)19-21-5-7-22(8-6-21)33(42)43)32(41)27-20-36-39(31(27)34)23-9-14-35-15-10-23/h2-10,14-15,20,24,30H,11-13,16-19,34H2,1H3,(H,42,43). The summed E-state index contributed by atoms with van der Waals surface area (Å²) < 4.78 is 7.05. The number of piperidine rings is 1. The van der Waals surface area contributed by atoms with Crippen LogP contribution in [0.1, 0.15) is 56.3 Å². The summed E-state index contributed by atoms with van der Waals surface area (Å²) in [6.45, 7) is 2.01. The lowest BCUT2D eigenvalue weighted by Crippen LogP contribution is -2.45. The molecule has 4 heterocycles. The van der Waals surface area contributed by atoms with Gasteiger partial charge in [0.15, 0.2) is 5.78 Å². The third kappa shape index (κ3) is 5.53. The van der Waals surface area contributed by atoms with Crippen molar-refractivity contribution in [2.75, 3.05) is 37.4 Å². The Kier molecular flexibility index (Phi) is 8.12. The summed E-state index contributed by atoms with van der Waals surface area (Å²) in [7, 11) is 1.75. The number of methoxy groups -OCH3 is 1. The number of fused-ring (bicyclic) bond motifs is 1. The molecule has 3 N–H and O–H groups in total. The molecule has 0 aliphatic carbocycles. The molecule has 0 saturated carbocycles. The van der Waals surface area contributed by atoms with E-state index in [2.05, 4.69) is 21.0 Å². The van der Waals surface area contributed by atoms with E-state index in [1.165, 1.54) is 23.0 Å². The zero-order valence-corrected chi connectivity index (χ0v) is 24.4. The van der Waals surface area contributed by atoms with E-state index in [1.54, 1.807) is 48.7 Å². The Hall–Kier alpha value is -5.03. The SMILES string of the molecule is COC1CCN(c2cccc3c2CCN(C(=O)c2cnn(-c4ccncc4)c2N)C3C(=O)Cc2ccc(C(=O)O)cc2)CC1. The summed E-state index contributed by atoms with van der Waals surface area (Å²) in [4.78, 5) is 47.7. The quantitative estimate of drug-likeness (QED) is 0.312. The van der Waals surface area contributed by atoms with Gasteiger partial charge in [0.05, 0.1) is 23.6 Å². The smallest absolute Gasteiger partial charge is 0.335 e. The summed E-state index contributed by atoms with van der Waals surface area (Å²) in [6.07, 6.45) is 7.36. The van der Waals surface area contributed by atoms with E-state index in [-0.39, 0.29) is 41.2 Å². The number of nitrogens with zero attached hydrogens (tertiary/aromatic N) is 5. The van der Waals surface area contributed by atoms with Gasteiger partial charge in [-0.1, -0.05) is 24.3 Å². The average Bonchev–Trinajstić information content (AvgIpc) is 3.45. The number of ether oxygens (including phenoxy) is 1. The minimum Gasteiger partial charge on any atom is -0.478 e. The van der Waals surface area contributed by atoms with Gasteiger partial charge in [-0.05, 0) is 66.3 Å². The van der Waals surface area contributed by atoms with Crippen LogP contribution in [0.5, 0.6) is 0 Å². The van der Waals surface area contributed by atoms with Crippen molar-refractivity contribution in [1.82, 2.24) is 19.7 Å². The molecular formula is C33H34N6O5. The first-order valence-electron chi connectivity index (χ1n) is 14.6. The minimum absolute atomic E-state index is 0.0308. The van der Waals surface area contributed by atoms with Crippen LogP contribution in [0.2, 0.25) is 0 Å². The summed E-state index contributed by atoms with van der Waals surface area (Å²) >= 11 is 0. The molecule has 226 valence electrons. The number of Topliss-reactive ketones (excluding diaryl/α,β-unsaturated/α-hetero) is 1. The molecule has 1 saturated heterocycles. The van der Waals surface area contributed by atoms with Crippen LogP contribution in [0.4, 0.5) is 11.5 Å². The maximum Gasteiger partial charge on any atom is 0.335 e. The van der Waals surface area contributed by atoms with E-state index in [0.29, 0.717) is 24.2 Å². The van der Waals surface area contributed by atoms with Gasteiger partial charge < -0.3 is 25.4 Å².